The highest BCUT2D eigenvalue weighted by molar-refractivity contribution is 5.97. The molecule has 0 aliphatic rings. The Kier molecular flexibility index (Phi) is 4.97. The predicted molar refractivity (Wildman–Crippen MR) is 70.1 cm³/mol. The van der Waals surface area contributed by atoms with Gasteiger partial charge in [0, 0.05) is 12.6 Å². The molecule has 0 heterocycles. The van der Waals surface area contributed by atoms with Gasteiger partial charge in [-0.15, -0.1) is 0 Å². The van der Waals surface area contributed by atoms with Crippen molar-refractivity contribution in [3.8, 4) is 11.5 Å². The Morgan fingerprint density at radius 3 is 2.72 bits per heavy atom. The molecule has 0 spiro atoms. The van der Waals surface area contributed by atoms with Crippen molar-refractivity contribution in [3.05, 3.63) is 23.8 Å². The van der Waals surface area contributed by atoms with E-state index in [9.17, 15) is 9.90 Å². The maximum absolute atomic E-state index is 12.0. The molecule has 0 aliphatic carbocycles. The van der Waals surface area contributed by atoms with Crippen molar-refractivity contribution in [2.75, 3.05) is 27.7 Å². The second-order valence-corrected chi connectivity index (χ2v) is 4.52. The summed E-state index contributed by atoms with van der Waals surface area (Å²) in [6, 6.07) is 4.57. The third-order valence-corrected chi connectivity index (χ3v) is 2.46. The van der Waals surface area contributed by atoms with Gasteiger partial charge >= 0.3 is 0 Å². The predicted octanol–water partition coefficient (Wildman–Crippen LogP) is 1.08. The van der Waals surface area contributed by atoms with E-state index in [2.05, 4.69) is 5.32 Å². The highest BCUT2D eigenvalue weighted by Crippen LogP contribution is 2.22. The summed E-state index contributed by atoms with van der Waals surface area (Å²) in [6.07, 6.45) is 0. The van der Waals surface area contributed by atoms with Crippen molar-refractivity contribution in [2.45, 2.75) is 13.0 Å². The van der Waals surface area contributed by atoms with E-state index in [-0.39, 0.29) is 23.3 Å². The molecular weight excluding hydrogens is 232 g/mol. The number of methoxy groups -OCH3 is 1. The minimum atomic E-state index is -0.305. The molecule has 0 radical (unpaired) electrons. The van der Waals surface area contributed by atoms with E-state index in [1.165, 1.54) is 19.2 Å². The summed E-state index contributed by atoms with van der Waals surface area (Å²) in [5, 5.41) is 12.5. The number of nitrogens with zero attached hydrogens (tertiary/aromatic N) is 1. The molecule has 1 aromatic carbocycles. The van der Waals surface area contributed by atoms with Crippen LogP contribution < -0.4 is 10.1 Å². The normalized spacial score (nSPS) is 12.3. The van der Waals surface area contributed by atoms with Gasteiger partial charge in [-0.3, -0.25) is 4.79 Å². The fourth-order valence-electron chi connectivity index (χ4n) is 1.72. The summed E-state index contributed by atoms with van der Waals surface area (Å²) in [7, 11) is 5.39. The molecular formula is C13H20N2O3. The third-order valence-electron chi connectivity index (χ3n) is 2.46. The fraction of sp³-hybridized carbons (Fsp3) is 0.462. The van der Waals surface area contributed by atoms with Gasteiger partial charge in [0.25, 0.3) is 5.91 Å². The number of aromatic hydroxyl groups is 1. The molecule has 0 aromatic heterocycles. The number of amides is 1. The number of carbonyl (C=O) groups excluding carboxylic acids is 1. The van der Waals surface area contributed by atoms with Crippen LogP contribution in [0.3, 0.4) is 0 Å². The van der Waals surface area contributed by atoms with Gasteiger partial charge < -0.3 is 20.1 Å². The van der Waals surface area contributed by atoms with Crippen LogP contribution in [0.25, 0.3) is 0 Å². The Morgan fingerprint density at radius 1 is 1.50 bits per heavy atom. The summed E-state index contributed by atoms with van der Waals surface area (Å²) >= 11 is 0. The number of hydrogen-bond donors (Lipinski definition) is 2. The smallest absolute Gasteiger partial charge is 0.255 e. The zero-order valence-corrected chi connectivity index (χ0v) is 11.2. The lowest BCUT2D eigenvalue weighted by Crippen LogP contribution is -2.39. The van der Waals surface area contributed by atoms with Crippen molar-refractivity contribution in [1.82, 2.24) is 10.2 Å². The van der Waals surface area contributed by atoms with E-state index in [1.54, 1.807) is 6.07 Å². The molecule has 2 N–H and O–H groups in total. The highest BCUT2D eigenvalue weighted by Gasteiger charge is 2.15. The molecule has 1 atom stereocenters. The first-order chi connectivity index (χ1) is 8.43. The molecule has 1 unspecified atom stereocenters. The standard InChI is InChI=1S/C13H20N2O3/c1-9(8-15(2)3)14-13(17)11-7-10(18-4)5-6-12(11)16/h5-7,9,16H,8H2,1-4H3,(H,14,17). The zero-order valence-electron chi connectivity index (χ0n) is 11.2. The lowest BCUT2D eigenvalue weighted by Gasteiger charge is -2.18. The number of benzene rings is 1. The van der Waals surface area contributed by atoms with Crippen LogP contribution in [-0.4, -0.2) is 49.7 Å². The molecule has 18 heavy (non-hydrogen) atoms. The quantitative estimate of drug-likeness (QED) is 0.823. The second-order valence-electron chi connectivity index (χ2n) is 4.52. The van der Waals surface area contributed by atoms with Gasteiger partial charge in [0.15, 0.2) is 0 Å². The zero-order chi connectivity index (χ0) is 13.7. The van der Waals surface area contributed by atoms with Crippen molar-refractivity contribution in [3.63, 3.8) is 0 Å². The Morgan fingerprint density at radius 2 is 2.17 bits per heavy atom. The van der Waals surface area contributed by atoms with Gasteiger partial charge in [0.1, 0.15) is 11.5 Å². The minimum absolute atomic E-state index is 0.00176. The Bertz CT molecular complexity index is 419. The number of likely N-dealkylation sites (N-methyl/N-ethyl adjacent to an activating group) is 1. The lowest BCUT2D eigenvalue weighted by molar-refractivity contribution is 0.0931. The van der Waals surface area contributed by atoms with Crippen LogP contribution in [0.1, 0.15) is 17.3 Å². The van der Waals surface area contributed by atoms with Crippen LogP contribution in [0.2, 0.25) is 0 Å². The first-order valence-electron chi connectivity index (χ1n) is 5.76. The van der Waals surface area contributed by atoms with E-state index in [4.69, 9.17) is 4.74 Å². The topological polar surface area (TPSA) is 61.8 Å². The molecule has 1 rings (SSSR count). The van der Waals surface area contributed by atoms with E-state index in [1.807, 2.05) is 25.9 Å². The van der Waals surface area contributed by atoms with E-state index < -0.39 is 0 Å². The first-order valence-corrected chi connectivity index (χ1v) is 5.76. The molecule has 0 bridgehead atoms. The number of phenolic OH excluding ortho intramolecular Hbond substituents is 1. The Hall–Kier alpha value is -1.75. The molecule has 5 heteroatoms. The fourth-order valence-corrected chi connectivity index (χ4v) is 1.72. The van der Waals surface area contributed by atoms with Crippen LogP contribution in [0.4, 0.5) is 0 Å². The lowest BCUT2D eigenvalue weighted by atomic mass is 10.1. The second kappa shape index (κ2) is 6.26. The first kappa shape index (κ1) is 14.3. The minimum Gasteiger partial charge on any atom is -0.507 e. The number of ether oxygens (including phenoxy) is 1. The van der Waals surface area contributed by atoms with Crippen LogP contribution in [0, 0.1) is 0 Å². The number of nitrogens with one attached hydrogen (secondary N) is 1. The molecule has 0 fully saturated rings. The van der Waals surface area contributed by atoms with Crippen molar-refractivity contribution in [1.29, 1.82) is 0 Å². The summed E-state index contributed by atoms with van der Waals surface area (Å²) in [6.45, 7) is 2.64. The van der Waals surface area contributed by atoms with Crippen LogP contribution >= 0.6 is 0 Å². The Labute approximate surface area is 107 Å². The highest BCUT2D eigenvalue weighted by atomic mass is 16.5. The average Bonchev–Trinajstić information content (AvgIpc) is 2.28. The molecule has 100 valence electrons. The summed E-state index contributed by atoms with van der Waals surface area (Å²) < 4.78 is 5.03. The Balaban J connectivity index is 2.77. The van der Waals surface area contributed by atoms with Gasteiger partial charge in [-0.25, -0.2) is 0 Å². The number of hydrogen-bond acceptors (Lipinski definition) is 4. The number of carbonyl (C=O) groups is 1. The monoisotopic (exact) mass is 252 g/mol. The largest absolute Gasteiger partial charge is 0.507 e. The van der Waals surface area contributed by atoms with Gasteiger partial charge in [-0.1, -0.05) is 0 Å². The number of phenols is 1. The molecule has 5 nitrogen and oxygen atoms in total. The van der Waals surface area contributed by atoms with Crippen molar-refractivity contribution >= 4 is 5.91 Å². The summed E-state index contributed by atoms with van der Waals surface area (Å²) in [5.41, 5.74) is 0.222. The van der Waals surface area contributed by atoms with Crippen LogP contribution in [0.5, 0.6) is 11.5 Å². The molecule has 0 saturated heterocycles. The number of rotatable bonds is 5. The SMILES string of the molecule is COc1ccc(O)c(C(=O)NC(C)CN(C)C)c1. The molecule has 1 amide bonds. The van der Waals surface area contributed by atoms with Crippen molar-refractivity contribution in [2.24, 2.45) is 0 Å². The van der Waals surface area contributed by atoms with E-state index in [0.717, 1.165) is 6.54 Å². The maximum atomic E-state index is 12.0. The van der Waals surface area contributed by atoms with E-state index >= 15 is 0 Å². The van der Waals surface area contributed by atoms with E-state index in [0.29, 0.717) is 5.75 Å². The van der Waals surface area contributed by atoms with Crippen LogP contribution in [-0.2, 0) is 0 Å². The molecule has 0 aliphatic heterocycles. The van der Waals surface area contributed by atoms with Gasteiger partial charge in [-0.05, 0) is 39.2 Å². The molecule has 1 aromatic rings. The maximum Gasteiger partial charge on any atom is 0.255 e. The van der Waals surface area contributed by atoms with Crippen LogP contribution in [0.15, 0.2) is 18.2 Å². The summed E-state index contributed by atoms with van der Waals surface area (Å²) in [4.78, 5) is 14.0. The van der Waals surface area contributed by atoms with Gasteiger partial charge in [0.2, 0.25) is 0 Å². The average molecular weight is 252 g/mol. The van der Waals surface area contributed by atoms with Crippen molar-refractivity contribution < 1.29 is 14.6 Å². The molecule has 0 saturated carbocycles. The van der Waals surface area contributed by atoms with Gasteiger partial charge in [0.05, 0.1) is 12.7 Å². The van der Waals surface area contributed by atoms with Gasteiger partial charge in [-0.2, -0.15) is 0 Å². The summed E-state index contributed by atoms with van der Waals surface area (Å²) in [5.74, 6) is 0.185. The third kappa shape index (κ3) is 3.92.